The maximum atomic E-state index is 12.9. The third-order valence-corrected chi connectivity index (χ3v) is 5.18. The van der Waals surface area contributed by atoms with E-state index < -0.39 is 5.91 Å². The Labute approximate surface area is 147 Å². The lowest BCUT2D eigenvalue weighted by atomic mass is 10.1. The molecule has 2 heterocycles. The van der Waals surface area contributed by atoms with Crippen LogP contribution in [0.2, 0.25) is 0 Å². The first-order chi connectivity index (χ1) is 11.0. The Morgan fingerprint density at radius 3 is 2.74 bits per heavy atom. The van der Waals surface area contributed by atoms with Crippen molar-refractivity contribution < 1.29 is 9.59 Å². The molecule has 0 saturated carbocycles. The highest BCUT2D eigenvalue weighted by Gasteiger charge is 2.38. The fourth-order valence-corrected chi connectivity index (χ4v) is 3.88. The topological polar surface area (TPSA) is 75.8 Å². The second-order valence-electron chi connectivity index (χ2n) is 5.39. The molecule has 2 aliphatic rings. The van der Waals surface area contributed by atoms with E-state index in [0.717, 1.165) is 46.7 Å². The van der Waals surface area contributed by atoms with E-state index in [1.807, 2.05) is 18.2 Å². The molecule has 23 heavy (non-hydrogen) atoms. The van der Waals surface area contributed by atoms with Crippen molar-refractivity contribution in [2.75, 3.05) is 11.4 Å². The summed E-state index contributed by atoms with van der Waals surface area (Å²) in [6.07, 6.45) is 3.08. The van der Waals surface area contributed by atoms with E-state index in [9.17, 15) is 9.59 Å². The van der Waals surface area contributed by atoms with Crippen LogP contribution in [0.3, 0.4) is 0 Å². The Balaban J connectivity index is 2.06. The van der Waals surface area contributed by atoms with Crippen molar-refractivity contribution >= 4 is 55.9 Å². The molecule has 2 N–H and O–H groups in total. The fraction of sp³-hybridized carbons (Fsp3) is 0.312. The van der Waals surface area contributed by atoms with Crippen LogP contribution in [0.1, 0.15) is 31.7 Å². The number of rotatable bonds is 4. The number of hydrogen-bond acceptors (Lipinski definition) is 4. The summed E-state index contributed by atoms with van der Waals surface area (Å²) in [5, 5.41) is 0.186. The van der Waals surface area contributed by atoms with E-state index in [4.69, 9.17) is 5.73 Å². The predicted octanol–water partition coefficient (Wildman–Crippen LogP) is 3.29. The van der Waals surface area contributed by atoms with Gasteiger partial charge in [-0.05, 0) is 36.4 Å². The molecule has 1 aromatic carbocycles. The van der Waals surface area contributed by atoms with Crippen LogP contribution in [0, 0.1) is 0 Å². The van der Waals surface area contributed by atoms with Crippen molar-refractivity contribution in [3.05, 3.63) is 33.1 Å². The number of aliphatic imine (C=N–C) groups is 1. The molecule has 120 valence electrons. The summed E-state index contributed by atoms with van der Waals surface area (Å²) in [5.41, 5.74) is 7.66. The van der Waals surface area contributed by atoms with Gasteiger partial charge >= 0.3 is 0 Å². The third kappa shape index (κ3) is 2.95. The summed E-state index contributed by atoms with van der Waals surface area (Å²) in [6.45, 7) is 2.77. The zero-order chi connectivity index (χ0) is 16.6. The normalized spacial score (nSPS) is 20.3. The van der Waals surface area contributed by atoms with Crippen LogP contribution in [0.15, 0.2) is 32.6 Å². The van der Waals surface area contributed by atoms with Gasteiger partial charge in [0.1, 0.15) is 0 Å². The second-order valence-corrected chi connectivity index (χ2v) is 7.33. The lowest BCUT2D eigenvalue weighted by Gasteiger charge is -2.16. The summed E-state index contributed by atoms with van der Waals surface area (Å²) in [5.74, 6) is -0.577. The minimum Gasteiger partial charge on any atom is -0.378 e. The van der Waals surface area contributed by atoms with Crippen LogP contribution in [0.4, 0.5) is 5.69 Å². The maximum Gasteiger partial charge on any atom is 0.287 e. The summed E-state index contributed by atoms with van der Waals surface area (Å²) in [4.78, 5) is 30.8. The highest BCUT2D eigenvalue weighted by Crippen LogP contribution is 2.43. The van der Waals surface area contributed by atoms with Gasteiger partial charge in [-0.2, -0.15) is 4.99 Å². The monoisotopic (exact) mass is 393 g/mol. The first-order valence-corrected chi connectivity index (χ1v) is 9.06. The largest absolute Gasteiger partial charge is 0.378 e. The highest BCUT2D eigenvalue weighted by atomic mass is 79.9. The summed E-state index contributed by atoms with van der Waals surface area (Å²) >= 11 is 4.50. The van der Waals surface area contributed by atoms with E-state index in [1.165, 1.54) is 0 Å². The lowest BCUT2D eigenvalue weighted by Crippen LogP contribution is -2.27. The molecule has 0 bridgehead atoms. The summed E-state index contributed by atoms with van der Waals surface area (Å²) < 4.78 is 0.863. The Bertz CT molecular complexity index is 758. The molecule has 0 atom stereocenters. The number of unbranched alkanes of at least 4 members (excludes halogenated alkanes) is 2. The first-order valence-electron chi connectivity index (χ1n) is 7.45. The molecule has 0 saturated heterocycles. The number of halogens is 1. The molecule has 2 aliphatic heterocycles. The van der Waals surface area contributed by atoms with E-state index in [1.54, 1.807) is 4.90 Å². The zero-order valence-corrected chi connectivity index (χ0v) is 15.0. The van der Waals surface area contributed by atoms with Gasteiger partial charge in [0.05, 0.1) is 16.2 Å². The average molecular weight is 394 g/mol. The number of thioether (sulfide) groups is 1. The van der Waals surface area contributed by atoms with Crippen molar-refractivity contribution in [3.8, 4) is 0 Å². The molecule has 0 unspecified atom stereocenters. The molecular weight excluding hydrogens is 378 g/mol. The van der Waals surface area contributed by atoms with Gasteiger partial charge in [-0.15, -0.1) is 0 Å². The lowest BCUT2D eigenvalue weighted by molar-refractivity contribution is -0.115. The Hall–Kier alpha value is -1.60. The van der Waals surface area contributed by atoms with Gasteiger partial charge in [-0.1, -0.05) is 35.7 Å². The number of nitrogens with two attached hydrogens (primary N) is 1. The Morgan fingerprint density at radius 1 is 1.30 bits per heavy atom. The smallest absolute Gasteiger partial charge is 0.287 e. The molecule has 0 aliphatic carbocycles. The van der Waals surface area contributed by atoms with E-state index >= 15 is 0 Å². The molecule has 1 aromatic rings. The molecule has 3 rings (SSSR count). The minimum absolute atomic E-state index is 0.144. The van der Waals surface area contributed by atoms with Crippen molar-refractivity contribution in [2.45, 2.75) is 26.2 Å². The van der Waals surface area contributed by atoms with Gasteiger partial charge < -0.3 is 10.6 Å². The van der Waals surface area contributed by atoms with Crippen LogP contribution < -0.4 is 10.6 Å². The number of carbonyl (C=O) groups is 2. The number of amides is 2. The van der Waals surface area contributed by atoms with Crippen LogP contribution in [-0.4, -0.2) is 23.5 Å². The van der Waals surface area contributed by atoms with E-state index in [0.29, 0.717) is 17.0 Å². The molecule has 5 nitrogen and oxygen atoms in total. The molecule has 0 fully saturated rings. The first kappa shape index (κ1) is 16.3. The maximum absolute atomic E-state index is 12.9. The van der Waals surface area contributed by atoms with Gasteiger partial charge in [-0.25, -0.2) is 0 Å². The quantitative estimate of drug-likeness (QED) is 0.628. The van der Waals surface area contributed by atoms with Gasteiger partial charge in [0.15, 0.2) is 5.17 Å². The van der Waals surface area contributed by atoms with Crippen LogP contribution >= 0.6 is 27.7 Å². The number of nitrogens with zero attached hydrogens (tertiary/aromatic N) is 2. The fourth-order valence-electron chi connectivity index (χ4n) is 2.74. The number of carbonyl (C=O) groups excluding carboxylic acids is 2. The highest BCUT2D eigenvalue weighted by molar-refractivity contribution is 9.10. The number of anilines is 1. The number of benzene rings is 1. The van der Waals surface area contributed by atoms with Crippen molar-refractivity contribution in [3.63, 3.8) is 0 Å². The molecule has 7 heteroatoms. The van der Waals surface area contributed by atoms with Gasteiger partial charge in [0.2, 0.25) is 0 Å². The number of hydrogen-bond donors (Lipinski definition) is 1. The van der Waals surface area contributed by atoms with Gasteiger partial charge in [0.25, 0.3) is 11.8 Å². The minimum atomic E-state index is -0.433. The van der Waals surface area contributed by atoms with Crippen molar-refractivity contribution in [2.24, 2.45) is 10.7 Å². The standard InChI is InChI=1S/C16H16BrN3O2S/c1-2-3-4-7-20-11-6-5-9(17)8-10(11)12(15(20)22)13-14(21)19-16(18)23-13/h5-6,8H,2-4,7H2,1H3,(H2,18,19,21)/b13-12+. The van der Waals surface area contributed by atoms with E-state index in [-0.39, 0.29) is 11.1 Å². The van der Waals surface area contributed by atoms with Gasteiger partial charge in [0, 0.05) is 16.6 Å². The zero-order valence-electron chi connectivity index (χ0n) is 12.6. The molecular formula is C16H16BrN3O2S. The summed E-state index contributed by atoms with van der Waals surface area (Å²) in [7, 11) is 0. The Kier molecular flexibility index (Phi) is 4.59. The van der Waals surface area contributed by atoms with Crippen molar-refractivity contribution in [1.29, 1.82) is 0 Å². The molecule has 0 spiro atoms. The molecule has 2 amide bonds. The number of amidine groups is 1. The molecule has 0 radical (unpaired) electrons. The van der Waals surface area contributed by atoms with Crippen LogP contribution in [-0.2, 0) is 9.59 Å². The molecule has 0 aromatic heterocycles. The predicted molar refractivity (Wildman–Crippen MR) is 97.2 cm³/mol. The number of fused-ring (bicyclic) bond motifs is 1. The Morgan fingerprint density at radius 2 is 2.09 bits per heavy atom. The SMILES string of the molecule is CCCCCN1C(=O)/C(=C2/SC(N)=NC2=O)c2cc(Br)ccc21. The van der Waals surface area contributed by atoms with E-state index in [2.05, 4.69) is 27.8 Å². The van der Waals surface area contributed by atoms with Crippen LogP contribution in [0.25, 0.3) is 5.57 Å². The average Bonchev–Trinajstić information content (AvgIpc) is 2.96. The summed E-state index contributed by atoms with van der Waals surface area (Å²) in [6, 6.07) is 5.68. The van der Waals surface area contributed by atoms with Crippen LogP contribution in [0.5, 0.6) is 0 Å². The third-order valence-electron chi connectivity index (χ3n) is 3.80. The second kappa shape index (κ2) is 6.49. The van der Waals surface area contributed by atoms with Crippen molar-refractivity contribution in [1.82, 2.24) is 0 Å². The van der Waals surface area contributed by atoms with Gasteiger partial charge in [-0.3, -0.25) is 9.59 Å².